The highest BCUT2D eigenvalue weighted by molar-refractivity contribution is 8.70. The van der Waals surface area contributed by atoms with E-state index in [0.717, 1.165) is 0 Å². The van der Waals surface area contributed by atoms with Crippen LogP contribution < -0.4 is 0 Å². The molecule has 0 rings (SSSR count). The van der Waals surface area contributed by atoms with E-state index in [1.165, 1.54) is 0 Å². The highest BCUT2D eigenvalue weighted by Gasteiger charge is 1.93. The minimum absolute atomic E-state index is 0.897. The fourth-order valence-electron chi connectivity index (χ4n) is 0. The maximum absolute atomic E-state index is 5.06. The van der Waals surface area contributed by atoms with Crippen LogP contribution >= 0.6 is 16.6 Å². The summed E-state index contributed by atoms with van der Waals surface area (Å²) in [7, 11) is 0. The van der Waals surface area contributed by atoms with Crippen molar-refractivity contribution in [2.75, 3.05) is 19.6 Å². The third-order valence-electron chi connectivity index (χ3n) is 0.440. The molecule has 0 radical (unpaired) electrons. The fraction of sp³-hybridized carbons (Fsp3) is 1.00. The van der Waals surface area contributed by atoms with Crippen molar-refractivity contribution in [3.63, 3.8) is 0 Å². The quantitative estimate of drug-likeness (QED) is 0.511. The molecule has 0 heterocycles. The predicted octanol–water partition coefficient (Wildman–Crippen LogP) is 2.00. The first kappa shape index (κ1) is 7.00. The molecule has 0 saturated carbocycles. The summed E-state index contributed by atoms with van der Waals surface area (Å²) in [5, 5.41) is -0.897. The van der Waals surface area contributed by atoms with Crippen LogP contribution in [0.1, 0.15) is 0 Å². The van der Waals surface area contributed by atoms with E-state index in [1.807, 2.05) is 11.4 Å². The maximum Gasteiger partial charge on any atom is 0.000420 e. The summed E-state index contributed by atoms with van der Waals surface area (Å²) < 4.78 is 0. The van der Waals surface area contributed by atoms with Gasteiger partial charge in [0, 0.05) is 5.24 Å². The van der Waals surface area contributed by atoms with Crippen LogP contribution in [0.3, 0.4) is 0 Å². The summed E-state index contributed by atoms with van der Waals surface area (Å²) >= 11 is 6.87. The number of hydrogen-bond acceptors (Lipinski definition) is 2. The molecule has 0 unspecified atom stereocenters. The average molecular weight is 140 g/mol. The van der Waals surface area contributed by atoms with E-state index in [-0.39, 0.29) is 0 Å². The molecule has 0 atom stereocenters. The number of hydrogen-bond donors (Lipinski definition) is 0. The van der Waals surface area contributed by atoms with E-state index in [4.69, 9.17) is 11.8 Å². The Balaban J connectivity index is 3.48. The first-order chi connectivity index (χ1) is 2.56. The van der Waals surface area contributed by atoms with Crippen LogP contribution in [0.4, 0.5) is 0 Å². The maximum atomic E-state index is 5.06. The lowest BCUT2D eigenvalue weighted by atomic mass is 11.9. The Kier molecular flexibility index (Phi) is 2.73. The molecule has 0 aromatic heterocycles. The lowest BCUT2D eigenvalue weighted by Crippen LogP contribution is -1.58. The second-order valence-electron chi connectivity index (χ2n) is 1.43. The monoisotopic (exact) mass is 140 g/mol. The summed E-state index contributed by atoms with van der Waals surface area (Å²) in [6.07, 6.45) is 2.07. The van der Waals surface area contributed by atoms with Gasteiger partial charge in [-0.15, -0.1) is 11.4 Å². The molecule has 0 nitrogen and oxygen atoms in total. The summed E-state index contributed by atoms with van der Waals surface area (Å²) in [5.41, 5.74) is 0. The third-order valence-corrected chi connectivity index (χ3v) is 5.30. The van der Waals surface area contributed by atoms with E-state index in [1.54, 1.807) is 0 Å². The summed E-state index contributed by atoms with van der Waals surface area (Å²) in [4.78, 5) is 0. The van der Waals surface area contributed by atoms with Gasteiger partial charge < -0.3 is 0 Å². The molecule has 0 amide bonds. The van der Waals surface area contributed by atoms with Crippen LogP contribution in [-0.4, -0.2) is 19.6 Å². The molecular formula is C3H9PS2. The van der Waals surface area contributed by atoms with Crippen LogP contribution in [0.15, 0.2) is 0 Å². The van der Waals surface area contributed by atoms with Gasteiger partial charge in [-0.25, -0.2) is 0 Å². The van der Waals surface area contributed by atoms with E-state index >= 15 is 0 Å². The van der Waals surface area contributed by atoms with Crippen molar-refractivity contribution < 1.29 is 0 Å². The van der Waals surface area contributed by atoms with E-state index < -0.39 is 5.24 Å². The topological polar surface area (TPSA) is 0 Å². The molecule has 0 aromatic carbocycles. The Morgan fingerprint density at radius 3 is 1.67 bits per heavy atom. The van der Waals surface area contributed by atoms with Crippen molar-refractivity contribution >= 4 is 28.4 Å². The van der Waals surface area contributed by atoms with Gasteiger partial charge in [-0.2, -0.15) is 0 Å². The molecule has 0 aromatic rings. The zero-order valence-corrected chi connectivity index (χ0v) is 6.79. The zero-order chi connectivity index (χ0) is 5.21. The largest absolute Gasteiger partial charge is 0.128 e. The van der Waals surface area contributed by atoms with Crippen molar-refractivity contribution in [2.45, 2.75) is 0 Å². The molecule has 0 fully saturated rings. The molecule has 6 heavy (non-hydrogen) atoms. The Bertz CT molecular complexity index is 72.9. The first-order valence-corrected chi connectivity index (χ1v) is 7.19. The van der Waals surface area contributed by atoms with Gasteiger partial charge in [0.1, 0.15) is 0 Å². The van der Waals surface area contributed by atoms with Gasteiger partial charge in [0.25, 0.3) is 0 Å². The van der Waals surface area contributed by atoms with Crippen LogP contribution in [0.5, 0.6) is 0 Å². The van der Waals surface area contributed by atoms with Crippen molar-refractivity contribution in [3.05, 3.63) is 0 Å². The summed E-state index contributed by atoms with van der Waals surface area (Å²) in [6, 6.07) is 0. The number of rotatable bonds is 1. The molecule has 3 heteroatoms. The minimum atomic E-state index is -0.897. The average Bonchev–Trinajstić information content (AvgIpc) is 1.35. The second-order valence-corrected chi connectivity index (χ2v) is 11.6. The predicted molar refractivity (Wildman–Crippen MR) is 39.6 cm³/mol. The van der Waals surface area contributed by atoms with Crippen molar-refractivity contribution in [1.29, 1.82) is 0 Å². The fourth-order valence-corrected chi connectivity index (χ4v) is 0. The van der Waals surface area contributed by atoms with Crippen LogP contribution in [0.2, 0.25) is 0 Å². The highest BCUT2D eigenvalue weighted by atomic mass is 32.9. The smallest absolute Gasteiger partial charge is 0.000420 e. The Morgan fingerprint density at radius 2 is 1.67 bits per heavy atom. The zero-order valence-electron chi connectivity index (χ0n) is 4.26. The molecule has 0 spiro atoms. The van der Waals surface area contributed by atoms with Gasteiger partial charge in [0.05, 0.1) is 0 Å². The van der Waals surface area contributed by atoms with Gasteiger partial charge in [0.2, 0.25) is 0 Å². The van der Waals surface area contributed by atoms with Crippen LogP contribution in [-0.2, 0) is 11.8 Å². The van der Waals surface area contributed by atoms with Gasteiger partial charge in [-0.05, 0) is 19.6 Å². The van der Waals surface area contributed by atoms with Crippen molar-refractivity contribution in [3.8, 4) is 0 Å². The SMILES string of the molecule is CSP(C)(C)=S. The molecule has 0 aliphatic carbocycles. The second kappa shape index (κ2) is 2.34. The molecule has 0 aliphatic heterocycles. The molecular weight excluding hydrogens is 131 g/mol. The van der Waals surface area contributed by atoms with Gasteiger partial charge in [-0.3, -0.25) is 0 Å². The Labute approximate surface area is 48.5 Å². The van der Waals surface area contributed by atoms with E-state index in [9.17, 15) is 0 Å². The van der Waals surface area contributed by atoms with Crippen molar-refractivity contribution in [1.82, 2.24) is 0 Å². The normalized spacial score (nSPS) is 11.8. The Morgan fingerprint density at radius 1 is 1.50 bits per heavy atom. The van der Waals surface area contributed by atoms with Gasteiger partial charge >= 0.3 is 0 Å². The molecule has 0 bridgehead atoms. The highest BCUT2D eigenvalue weighted by Crippen LogP contribution is 2.49. The standard InChI is InChI=1S/C3H9PS2/c1-4(2,5)6-3/h1-3H3. The van der Waals surface area contributed by atoms with Crippen LogP contribution in [0, 0.1) is 0 Å². The summed E-state index contributed by atoms with van der Waals surface area (Å²) in [5.74, 6) is 0. The Hall–Kier alpha value is 1.00. The van der Waals surface area contributed by atoms with Gasteiger partial charge in [0.15, 0.2) is 0 Å². The van der Waals surface area contributed by atoms with Crippen molar-refractivity contribution in [2.24, 2.45) is 0 Å². The van der Waals surface area contributed by atoms with Gasteiger partial charge in [-0.1, -0.05) is 11.8 Å². The molecule has 0 aliphatic rings. The minimum Gasteiger partial charge on any atom is -0.128 e. The lowest BCUT2D eigenvalue weighted by molar-refractivity contribution is 2.28. The van der Waals surface area contributed by atoms with E-state index in [0.29, 0.717) is 0 Å². The molecule has 0 saturated heterocycles. The molecule has 0 N–H and O–H groups in total. The van der Waals surface area contributed by atoms with Crippen LogP contribution in [0.25, 0.3) is 0 Å². The summed E-state index contributed by atoms with van der Waals surface area (Å²) in [6.45, 7) is 4.26. The lowest BCUT2D eigenvalue weighted by Gasteiger charge is -2.00. The third kappa shape index (κ3) is 5.00. The van der Waals surface area contributed by atoms with E-state index in [2.05, 4.69) is 19.6 Å². The molecule has 38 valence electrons. The first-order valence-electron chi connectivity index (χ1n) is 1.67.